The topological polar surface area (TPSA) is 72.8 Å². The first-order chi connectivity index (χ1) is 9.90. The Balaban J connectivity index is 2.93. The molecule has 0 saturated heterocycles. The van der Waals surface area contributed by atoms with Gasteiger partial charge in [0, 0.05) is 11.8 Å². The average Bonchev–Trinajstić information content (AvgIpc) is 2.45. The Morgan fingerprint density at radius 2 is 1.90 bits per heavy atom. The molecule has 0 aliphatic rings. The van der Waals surface area contributed by atoms with Gasteiger partial charge in [0.2, 0.25) is 0 Å². The zero-order valence-electron chi connectivity index (χ0n) is 12.4. The van der Waals surface area contributed by atoms with E-state index in [1.54, 1.807) is 13.8 Å². The van der Waals surface area contributed by atoms with Crippen LogP contribution in [0.2, 0.25) is 0 Å². The summed E-state index contributed by atoms with van der Waals surface area (Å²) >= 11 is 1.18. The molecule has 116 valence electrons. The van der Waals surface area contributed by atoms with E-state index in [4.69, 9.17) is 9.47 Å². The van der Waals surface area contributed by atoms with Crippen LogP contribution in [0.3, 0.4) is 0 Å². The molecule has 0 radical (unpaired) electrons. The molecule has 2 atom stereocenters. The maximum Gasteiger partial charge on any atom is 0.325 e. The van der Waals surface area contributed by atoms with Crippen LogP contribution in [0, 0.1) is 0 Å². The van der Waals surface area contributed by atoms with Crippen LogP contribution in [0.1, 0.15) is 20.8 Å². The second-order valence-corrected chi connectivity index (χ2v) is 6.08. The molecule has 1 N–H and O–H groups in total. The average molecular weight is 312 g/mol. The summed E-state index contributed by atoms with van der Waals surface area (Å²) in [5, 5.41) is 10.3. The Morgan fingerprint density at radius 3 is 2.43 bits per heavy atom. The van der Waals surface area contributed by atoms with Gasteiger partial charge in [-0.15, -0.1) is 11.8 Å². The smallest absolute Gasteiger partial charge is 0.325 e. The van der Waals surface area contributed by atoms with Gasteiger partial charge >= 0.3 is 11.9 Å². The van der Waals surface area contributed by atoms with Crippen molar-refractivity contribution >= 4 is 23.7 Å². The molecule has 0 saturated carbocycles. The quantitative estimate of drug-likeness (QED) is 0.613. The van der Waals surface area contributed by atoms with Crippen molar-refractivity contribution in [1.82, 2.24) is 0 Å². The van der Waals surface area contributed by atoms with Crippen molar-refractivity contribution in [3.63, 3.8) is 0 Å². The van der Waals surface area contributed by atoms with Crippen LogP contribution in [-0.4, -0.2) is 41.1 Å². The predicted molar refractivity (Wildman–Crippen MR) is 80.0 cm³/mol. The molecule has 0 aliphatic heterocycles. The van der Waals surface area contributed by atoms with Gasteiger partial charge in [0.05, 0.1) is 6.61 Å². The number of hydrogen-bond acceptors (Lipinski definition) is 6. The lowest BCUT2D eigenvalue weighted by Gasteiger charge is -2.31. The molecule has 0 amide bonds. The van der Waals surface area contributed by atoms with Gasteiger partial charge in [-0.1, -0.05) is 18.2 Å². The number of carbonyl (C=O) groups is 2. The van der Waals surface area contributed by atoms with E-state index < -0.39 is 22.8 Å². The Kier molecular flexibility index (Phi) is 6.71. The Labute approximate surface area is 128 Å². The van der Waals surface area contributed by atoms with Crippen molar-refractivity contribution in [1.29, 1.82) is 0 Å². The van der Waals surface area contributed by atoms with Crippen LogP contribution in [0.25, 0.3) is 0 Å². The lowest BCUT2D eigenvalue weighted by molar-refractivity contribution is -0.154. The van der Waals surface area contributed by atoms with Crippen molar-refractivity contribution < 1.29 is 24.2 Å². The van der Waals surface area contributed by atoms with E-state index in [9.17, 15) is 14.7 Å². The van der Waals surface area contributed by atoms with Crippen molar-refractivity contribution in [2.75, 3.05) is 13.2 Å². The molecular weight excluding hydrogens is 292 g/mol. The van der Waals surface area contributed by atoms with Crippen LogP contribution in [0.15, 0.2) is 35.2 Å². The lowest BCUT2D eigenvalue weighted by atomic mass is 10.0. The first-order valence-corrected chi connectivity index (χ1v) is 7.44. The first-order valence-electron chi connectivity index (χ1n) is 6.63. The first kappa shape index (κ1) is 17.5. The monoisotopic (exact) mass is 312 g/mol. The molecule has 0 fully saturated rings. The van der Waals surface area contributed by atoms with Gasteiger partial charge in [-0.25, -0.2) is 0 Å². The van der Waals surface area contributed by atoms with Gasteiger partial charge < -0.3 is 14.6 Å². The van der Waals surface area contributed by atoms with Crippen LogP contribution in [0.5, 0.6) is 0 Å². The second kappa shape index (κ2) is 8.05. The third-order valence-corrected chi connectivity index (χ3v) is 4.20. The molecule has 0 heterocycles. The highest BCUT2D eigenvalue weighted by Crippen LogP contribution is 2.36. The molecule has 1 rings (SSSR count). The number of aliphatic hydroxyl groups excluding tert-OH is 1. The van der Waals surface area contributed by atoms with E-state index in [2.05, 4.69) is 0 Å². The second-order valence-electron chi connectivity index (χ2n) is 4.56. The summed E-state index contributed by atoms with van der Waals surface area (Å²) < 4.78 is 8.60. The number of hydrogen-bond donors (Lipinski definition) is 1. The maximum absolute atomic E-state index is 12.2. The molecule has 2 unspecified atom stereocenters. The van der Waals surface area contributed by atoms with Gasteiger partial charge in [0.15, 0.2) is 0 Å². The summed E-state index contributed by atoms with van der Waals surface area (Å²) in [6.45, 7) is 4.48. The van der Waals surface area contributed by atoms with Gasteiger partial charge in [0.1, 0.15) is 17.5 Å². The highest BCUT2D eigenvalue weighted by Gasteiger charge is 2.44. The summed E-state index contributed by atoms with van der Waals surface area (Å²) in [6, 6.07) is 9.21. The third-order valence-electron chi connectivity index (χ3n) is 2.83. The van der Waals surface area contributed by atoms with E-state index in [-0.39, 0.29) is 13.2 Å². The SMILES string of the molecule is CCOC(=O)C(C)(Sc1ccccc1)C(O)COC(C)=O. The summed E-state index contributed by atoms with van der Waals surface area (Å²) in [7, 11) is 0. The number of carbonyl (C=O) groups excluding carboxylic acids is 2. The van der Waals surface area contributed by atoms with Crippen LogP contribution in [-0.2, 0) is 19.1 Å². The minimum absolute atomic E-state index is 0.212. The molecule has 0 spiro atoms. The molecule has 0 bridgehead atoms. The number of rotatable bonds is 7. The minimum atomic E-state index is -1.26. The van der Waals surface area contributed by atoms with Gasteiger partial charge in [-0.3, -0.25) is 9.59 Å². The predicted octanol–water partition coefficient (Wildman–Crippen LogP) is 2.02. The highest BCUT2D eigenvalue weighted by atomic mass is 32.2. The fraction of sp³-hybridized carbons (Fsp3) is 0.467. The molecule has 5 nitrogen and oxygen atoms in total. The number of ether oxygens (including phenoxy) is 2. The largest absolute Gasteiger partial charge is 0.465 e. The van der Waals surface area contributed by atoms with Crippen molar-refractivity contribution in [3.05, 3.63) is 30.3 Å². The molecule has 6 heteroatoms. The minimum Gasteiger partial charge on any atom is -0.465 e. The van der Waals surface area contributed by atoms with Gasteiger partial charge in [-0.2, -0.15) is 0 Å². The van der Waals surface area contributed by atoms with E-state index in [1.807, 2.05) is 30.3 Å². The molecule has 0 aliphatic carbocycles. The summed E-state index contributed by atoms with van der Waals surface area (Å²) in [5.74, 6) is -1.05. The van der Waals surface area contributed by atoms with E-state index in [1.165, 1.54) is 18.7 Å². The third kappa shape index (κ3) is 5.06. The fourth-order valence-corrected chi connectivity index (χ4v) is 2.74. The standard InChI is InChI=1S/C15H20O5S/c1-4-19-14(18)15(3,13(17)10-20-11(2)16)21-12-8-6-5-7-9-12/h5-9,13,17H,4,10H2,1-3H3. The van der Waals surface area contributed by atoms with Crippen molar-refractivity contribution in [2.24, 2.45) is 0 Å². The summed E-state index contributed by atoms with van der Waals surface area (Å²) in [5.41, 5.74) is 0. The Morgan fingerprint density at radius 1 is 1.29 bits per heavy atom. The van der Waals surface area contributed by atoms with E-state index in [0.717, 1.165) is 4.90 Å². The Hall–Kier alpha value is -1.53. The number of aliphatic hydroxyl groups is 1. The zero-order valence-corrected chi connectivity index (χ0v) is 13.2. The number of thioether (sulfide) groups is 1. The number of benzene rings is 1. The Bertz CT molecular complexity index is 476. The zero-order chi connectivity index (χ0) is 15.9. The molecular formula is C15H20O5S. The van der Waals surface area contributed by atoms with Crippen LogP contribution < -0.4 is 0 Å². The highest BCUT2D eigenvalue weighted by molar-refractivity contribution is 8.01. The van der Waals surface area contributed by atoms with Crippen molar-refractivity contribution in [3.8, 4) is 0 Å². The normalized spacial score (nSPS) is 14.9. The summed E-state index contributed by atoms with van der Waals surface area (Å²) in [4.78, 5) is 23.9. The van der Waals surface area contributed by atoms with Gasteiger partial charge in [-0.05, 0) is 26.0 Å². The molecule has 21 heavy (non-hydrogen) atoms. The fourth-order valence-electron chi connectivity index (χ4n) is 1.61. The van der Waals surface area contributed by atoms with E-state index in [0.29, 0.717) is 0 Å². The summed E-state index contributed by atoms with van der Waals surface area (Å²) in [6.07, 6.45) is -1.18. The van der Waals surface area contributed by atoms with E-state index >= 15 is 0 Å². The van der Waals surface area contributed by atoms with Crippen molar-refractivity contribution in [2.45, 2.75) is 36.5 Å². The molecule has 1 aromatic carbocycles. The van der Waals surface area contributed by atoms with Gasteiger partial charge in [0.25, 0.3) is 0 Å². The molecule has 1 aromatic rings. The van der Waals surface area contributed by atoms with Crippen LogP contribution in [0.4, 0.5) is 0 Å². The lowest BCUT2D eigenvalue weighted by Crippen LogP contribution is -2.47. The molecule has 0 aromatic heterocycles. The number of esters is 2. The maximum atomic E-state index is 12.2. The van der Waals surface area contributed by atoms with Crippen LogP contribution >= 0.6 is 11.8 Å².